The Morgan fingerprint density at radius 1 is 1.19 bits per heavy atom. The van der Waals surface area contributed by atoms with E-state index < -0.39 is 22.5 Å². The fraction of sp³-hybridized carbons (Fsp3) is 0.222. The number of nitriles is 1. The molecule has 0 saturated heterocycles. The van der Waals surface area contributed by atoms with Crippen molar-refractivity contribution in [3.8, 4) is 11.8 Å². The molecule has 0 aromatic heterocycles. The van der Waals surface area contributed by atoms with Gasteiger partial charge in [-0.15, -0.1) is 0 Å². The van der Waals surface area contributed by atoms with E-state index in [1.807, 2.05) is 6.07 Å². The summed E-state index contributed by atoms with van der Waals surface area (Å²) in [5, 5.41) is 11.4. The molecule has 2 rings (SSSR count). The van der Waals surface area contributed by atoms with Gasteiger partial charge in [-0.2, -0.15) is 5.26 Å². The average Bonchev–Trinajstić information content (AvgIpc) is 2.60. The van der Waals surface area contributed by atoms with Gasteiger partial charge in [0.05, 0.1) is 30.2 Å². The van der Waals surface area contributed by atoms with Crippen LogP contribution in [0.3, 0.4) is 0 Å². The maximum absolute atomic E-state index is 12.3. The minimum atomic E-state index is -3.71. The summed E-state index contributed by atoms with van der Waals surface area (Å²) in [6.07, 6.45) is 1.03. The van der Waals surface area contributed by atoms with Crippen molar-refractivity contribution in [1.29, 1.82) is 5.26 Å². The Hall–Kier alpha value is -3.05. The molecular weight excluding hydrogens is 354 g/mol. The molecule has 26 heavy (non-hydrogen) atoms. The highest BCUT2D eigenvalue weighted by atomic mass is 32.2. The molecular formula is C18H19N3O4S. The van der Waals surface area contributed by atoms with Crippen LogP contribution in [0, 0.1) is 11.3 Å². The van der Waals surface area contributed by atoms with Gasteiger partial charge in [-0.05, 0) is 43.3 Å². The normalized spacial score (nSPS) is 10.7. The van der Waals surface area contributed by atoms with Crippen LogP contribution in [0.15, 0.2) is 48.5 Å². The van der Waals surface area contributed by atoms with Crippen molar-refractivity contribution in [2.24, 2.45) is 0 Å². The van der Waals surface area contributed by atoms with Gasteiger partial charge in [0.15, 0.2) is 0 Å². The van der Waals surface area contributed by atoms with E-state index in [1.165, 1.54) is 0 Å². The highest BCUT2D eigenvalue weighted by molar-refractivity contribution is 7.92. The van der Waals surface area contributed by atoms with Crippen molar-refractivity contribution >= 4 is 27.3 Å². The second-order valence-electron chi connectivity index (χ2n) is 5.41. The molecule has 0 aliphatic rings. The topological polar surface area (TPSA) is 99.5 Å². The fourth-order valence-corrected chi connectivity index (χ4v) is 3.14. The number of amides is 1. The SMILES string of the molecule is CCOc1ccccc1N(CC(=O)Nc1ccc(C#N)cc1)S(C)(=O)=O. The summed E-state index contributed by atoms with van der Waals surface area (Å²) in [5.74, 6) is -0.127. The van der Waals surface area contributed by atoms with Crippen LogP contribution >= 0.6 is 0 Å². The lowest BCUT2D eigenvalue weighted by Gasteiger charge is -2.24. The molecule has 0 heterocycles. The second-order valence-corrected chi connectivity index (χ2v) is 7.31. The van der Waals surface area contributed by atoms with Gasteiger partial charge in [-0.3, -0.25) is 9.10 Å². The molecule has 0 spiro atoms. The lowest BCUT2D eigenvalue weighted by atomic mass is 10.2. The molecule has 0 aliphatic carbocycles. The number of para-hydroxylation sites is 2. The lowest BCUT2D eigenvalue weighted by Crippen LogP contribution is -2.37. The fourth-order valence-electron chi connectivity index (χ4n) is 2.28. The van der Waals surface area contributed by atoms with Crippen molar-refractivity contribution in [1.82, 2.24) is 0 Å². The number of hydrogen-bond donors (Lipinski definition) is 1. The number of benzene rings is 2. The van der Waals surface area contributed by atoms with Crippen molar-refractivity contribution in [3.63, 3.8) is 0 Å². The van der Waals surface area contributed by atoms with E-state index in [4.69, 9.17) is 10.00 Å². The summed E-state index contributed by atoms with van der Waals surface area (Å²) in [4.78, 5) is 12.3. The molecule has 0 aliphatic heterocycles. The number of anilines is 2. The zero-order chi connectivity index (χ0) is 19.2. The molecule has 0 atom stereocenters. The van der Waals surface area contributed by atoms with E-state index in [-0.39, 0.29) is 0 Å². The minimum Gasteiger partial charge on any atom is -0.492 e. The Labute approximate surface area is 152 Å². The predicted molar refractivity (Wildman–Crippen MR) is 99.6 cm³/mol. The number of carbonyl (C=O) groups is 1. The first kappa shape index (κ1) is 19.3. The third kappa shape index (κ3) is 4.97. The summed E-state index contributed by atoms with van der Waals surface area (Å²) in [5.41, 5.74) is 1.23. The number of nitrogens with one attached hydrogen (secondary N) is 1. The molecule has 136 valence electrons. The molecule has 0 bridgehead atoms. The molecule has 0 saturated carbocycles. The predicted octanol–water partition coefficient (Wildman–Crippen LogP) is 2.36. The summed E-state index contributed by atoms with van der Waals surface area (Å²) in [7, 11) is -3.71. The van der Waals surface area contributed by atoms with Gasteiger partial charge in [-0.25, -0.2) is 8.42 Å². The van der Waals surface area contributed by atoms with Crippen molar-refractivity contribution in [2.75, 3.05) is 29.0 Å². The second kappa shape index (κ2) is 8.36. The van der Waals surface area contributed by atoms with Crippen LogP contribution in [0.1, 0.15) is 12.5 Å². The van der Waals surface area contributed by atoms with E-state index >= 15 is 0 Å². The van der Waals surface area contributed by atoms with E-state index in [0.717, 1.165) is 10.6 Å². The molecule has 1 N–H and O–H groups in total. The first-order chi connectivity index (χ1) is 12.3. The molecule has 2 aromatic carbocycles. The largest absolute Gasteiger partial charge is 0.492 e. The molecule has 7 nitrogen and oxygen atoms in total. The number of rotatable bonds is 7. The maximum Gasteiger partial charge on any atom is 0.245 e. The van der Waals surface area contributed by atoms with Gasteiger partial charge < -0.3 is 10.1 Å². The molecule has 8 heteroatoms. The highest BCUT2D eigenvalue weighted by Crippen LogP contribution is 2.29. The van der Waals surface area contributed by atoms with Crippen LogP contribution in [0.25, 0.3) is 0 Å². The summed E-state index contributed by atoms with van der Waals surface area (Å²) in [6.45, 7) is 1.76. The standard InChI is InChI=1S/C18H19N3O4S/c1-3-25-17-7-5-4-6-16(17)21(26(2,23)24)13-18(22)20-15-10-8-14(12-19)9-11-15/h4-11H,3,13H2,1-2H3,(H,20,22). The monoisotopic (exact) mass is 373 g/mol. The van der Waals surface area contributed by atoms with Crippen LogP contribution in [0.4, 0.5) is 11.4 Å². The minimum absolute atomic E-state index is 0.298. The van der Waals surface area contributed by atoms with Gasteiger partial charge in [-0.1, -0.05) is 12.1 Å². The molecule has 0 radical (unpaired) electrons. The molecule has 1 amide bonds. The summed E-state index contributed by atoms with van der Waals surface area (Å²) < 4.78 is 30.9. The zero-order valence-electron chi connectivity index (χ0n) is 14.5. The number of nitrogens with zero attached hydrogens (tertiary/aromatic N) is 2. The average molecular weight is 373 g/mol. The molecule has 0 unspecified atom stereocenters. The summed E-state index contributed by atoms with van der Waals surface area (Å²) in [6, 6.07) is 14.9. The van der Waals surface area contributed by atoms with Crippen molar-refractivity contribution < 1.29 is 17.9 Å². The van der Waals surface area contributed by atoms with Gasteiger partial charge in [0.1, 0.15) is 12.3 Å². The Balaban J connectivity index is 2.23. The smallest absolute Gasteiger partial charge is 0.245 e. The van der Waals surface area contributed by atoms with Gasteiger partial charge in [0, 0.05) is 5.69 Å². The Morgan fingerprint density at radius 3 is 2.42 bits per heavy atom. The number of carbonyl (C=O) groups excluding carboxylic acids is 1. The van der Waals surface area contributed by atoms with E-state index in [2.05, 4.69) is 5.32 Å². The first-order valence-electron chi connectivity index (χ1n) is 7.84. The Morgan fingerprint density at radius 2 is 1.85 bits per heavy atom. The summed E-state index contributed by atoms with van der Waals surface area (Å²) >= 11 is 0. The van der Waals surface area contributed by atoms with E-state index in [9.17, 15) is 13.2 Å². The quantitative estimate of drug-likeness (QED) is 0.803. The van der Waals surface area contributed by atoms with E-state index in [1.54, 1.807) is 55.5 Å². The van der Waals surface area contributed by atoms with Crippen LogP contribution in [0.5, 0.6) is 5.75 Å². The third-order valence-corrected chi connectivity index (χ3v) is 4.55. The van der Waals surface area contributed by atoms with Crippen LogP contribution in [0.2, 0.25) is 0 Å². The number of sulfonamides is 1. The van der Waals surface area contributed by atoms with Crippen LogP contribution < -0.4 is 14.4 Å². The van der Waals surface area contributed by atoms with E-state index in [0.29, 0.717) is 29.3 Å². The maximum atomic E-state index is 12.3. The zero-order valence-corrected chi connectivity index (χ0v) is 15.3. The van der Waals surface area contributed by atoms with Crippen molar-refractivity contribution in [2.45, 2.75) is 6.92 Å². The lowest BCUT2D eigenvalue weighted by molar-refractivity contribution is -0.114. The Kier molecular flexibility index (Phi) is 6.20. The number of ether oxygens (including phenoxy) is 1. The number of hydrogen-bond acceptors (Lipinski definition) is 5. The Bertz CT molecular complexity index is 918. The third-order valence-electron chi connectivity index (χ3n) is 3.42. The highest BCUT2D eigenvalue weighted by Gasteiger charge is 2.23. The first-order valence-corrected chi connectivity index (χ1v) is 9.69. The van der Waals surface area contributed by atoms with Gasteiger partial charge in [0.25, 0.3) is 0 Å². The van der Waals surface area contributed by atoms with Crippen LogP contribution in [-0.4, -0.2) is 33.7 Å². The van der Waals surface area contributed by atoms with Crippen molar-refractivity contribution in [3.05, 3.63) is 54.1 Å². The molecule has 2 aromatic rings. The van der Waals surface area contributed by atoms with Gasteiger partial charge >= 0.3 is 0 Å². The van der Waals surface area contributed by atoms with Gasteiger partial charge in [0.2, 0.25) is 15.9 Å². The van der Waals surface area contributed by atoms with Crippen LogP contribution in [-0.2, 0) is 14.8 Å². The molecule has 0 fully saturated rings.